The topological polar surface area (TPSA) is 92.4 Å². The Kier molecular flexibility index (Phi) is 3.11. The largest absolute Gasteiger partial charge is 0.398 e. The molecule has 1 aliphatic rings. The fourth-order valence-corrected chi connectivity index (χ4v) is 3.05. The number of aliphatic hydroxyl groups excluding tert-OH is 1. The van der Waals surface area contributed by atoms with Gasteiger partial charge in [0, 0.05) is 11.7 Å². The summed E-state index contributed by atoms with van der Waals surface area (Å²) in [6.45, 7) is 1.82. The number of nitrogen functional groups attached to an aromatic ring is 1. The molecule has 0 amide bonds. The summed E-state index contributed by atoms with van der Waals surface area (Å²) in [6, 6.07) is 4.49. The summed E-state index contributed by atoms with van der Waals surface area (Å²) < 4.78 is 26.5. The third-order valence-corrected chi connectivity index (χ3v) is 4.51. The van der Waals surface area contributed by atoms with Gasteiger partial charge in [-0.2, -0.15) is 0 Å². The van der Waals surface area contributed by atoms with E-state index in [1.54, 1.807) is 6.07 Å². The van der Waals surface area contributed by atoms with Crippen LogP contribution in [0.5, 0.6) is 0 Å². The molecule has 1 aromatic rings. The van der Waals surface area contributed by atoms with E-state index in [4.69, 9.17) is 10.8 Å². The number of aliphatic hydroxyl groups is 1. The van der Waals surface area contributed by atoms with Crippen molar-refractivity contribution in [3.63, 3.8) is 0 Å². The fraction of sp³-hybridized carbons (Fsp3) is 0.455. The van der Waals surface area contributed by atoms with Crippen LogP contribution in [-0.4, -0.2) is 25.7 Å². The molecule has 1 aliphatic carbocycles. The standard InChI is InChI=1S/C11H16N2O3S/c1-7-2-3-10(6-11(7)12)17(15,16)13-8-4-9(14)5-8/h2-3,6,8-9,13-14H,4-5,12H2,1H3. The maximum atomic E-state index is 12.0. The second-order valence-corrected chi connectivity index (χ2v) is 6.18. The van der Waals surface area contributed by atoms with Crippen molar-refractivity contribution in [3.05, 3.63) is 23.8 Å². The molecule has 1 aromatic carbocycles. The van der Waals surface area contributed by atoms with Crippen molar-refractivity contribution in [2.24, 2.45) is 0 Å². The lowest BCUT2D eigenvalue weighted by Gasteiger charge is -2.31. The summed E-state index contributed by atoms with van der Waals surface area (Å²) in [5, 5.41) is 9.11. The molecule has 0 atom stereocenters. The molecule has 0 aliphatic heterocycles. The normalized spacial score (nSPS) is 24.4. The van der Waals surface area contributed by atoms with Crippen molar-refractivity contribution in [1.82, 2.24) is 4.72 Å². The average Bonchev–Trinajstić information content (AvgIpc) is 2.19. The van der Waals surface area contributed by atoms with E-state index in [2.05, 4.69) is 4.72 Å². The predicted octanol–water partition coefficient (Wildman–Crippen LogP) is 0.379. The molecule has 0 radical (unpaired) electrons. The Morgan fingerprint density at radius 3 is 2.59 bits per heavy atom. The average molecular weight is 256 g/mol. The van der Waals surface area contributed by atoms with Gasteiger partial charge in [0.15, 0.2) is 0 Å². The molecular formula is C11H16N2O3S. The first-order valence-electron chi connectivity index (χ1n) is 5.45. The Bertz CT molecular complexity index is 522. The molecule has 17 heavy (non-hydrogen) atoms. The zero-order valence-corrected chi connectivity index (χ0v) is 10.4. The van der Waals surface area contributed by atoms with Gasteiger partial charge >= 0.3 is 0 Å². The minimum atomic E-state index is -3.52. The van der Waals surface area contributed by atoms with Gasteiger partial charge in [0.2, 0.25) is 10.0 Å². The Labute approximate surface area is 101 Å². The number of anilines is 1. The summed E-state index contributed by atoms with van der Waals surface area (Å²) >= 11 is 0. The predicted molar refractivity (Wildman–Crippen MR) is 64.9 cm³/mol. The highest BCUT2D eigenvalue weighted by Gasteiger charge is 2.31. The molecule has 1 fully saturated rings. The molecule has 0 heterocycles. The number of nitrogens with two attached hydrogens (primary N) is 1. The quantitative estimate of drug-likeness (QED) is 0.682. The van der Waals surface area contributed by atoms with Crippen LogP contribution in [-0.2, 0) is 10.0 Å². The first kappa shape index (κ1) is 12.3. The van der Waals surface area contributed by atoms with E-state index in [9.17, 15) is 8.42 Å². The summed E-state index contributed by atoms with van der Waals surface area (Å²) in [5.74, 6) is 0. The molecule has 5 nitrogen and oxygen atoms in total. The molecule has 1 saturated carbocycles. The summed E-state index contributed by atoms with van der Waals surface area (Å²) in [4.78, 5) is 0.169. The molecule has 0 aromatic heterocycles. The molecule has 0 spiro atoms. The van der Waals surface area contributed by atoms with E-state index in [0.29, 0.717) is 18.5 Å². The van der Waals surface area contributed by atoms with Gasteiger partial charge in [0.1, 0.15) is 0 Å². The van der Waals surface area contributed by atoms with Crippen LogP contribution >= 0.6 is 0 Å². The zero-order valence-electron chi connectivity index (χ0n) is 9.55. The summed E-state index contributed by atoms with van der Waals surface area (Å²) in [5.41, 5.74) is 6.99. The Balaban J connectivity index is 2.17. The van der Waals surface area contributed by atoms with Crippen molar-refractivity contribution in [3.8, 4) is 0 Å². The van der Waals surface area contributed by atoms with Crippen LogP contribution in [0.4, 0.5) is 5.69 Å². The Morgan fingerprint density at radius 2 is 2.06 bits per heavy atom. The second-order valence-electron chi connectivity index (χ2n) is 4.46. The monoisotopic (exact) mass is 256 g/mol. The number of hydrogen-bond acceptors (Lipinski definition) is 4. The molecule has 0 bridgehead atoms. The maximum absolute atomic E-state index is 12.0. The number of sulfonamides is 1. The number of aryl methyl sites for hydroxylation is 1. The smallest absolute Gasteiger partial charge is 0.240 e. The lowest BCUT2D eigenvalue weighted by molar-refractivity contribution is 0.0712. The van der Waals surface area contributed by atoms with Gasteiger partial charge in [-0.3, -0.25) is 0 Å². The minimum Gasteiger partial charge on any atom is -0.398 e. The van der Waals surface area contributed by atoms with E-state index in [0.717, 1.165) is 5.56 Å². The maximum Gasteiger partial charge on any atom is 0.240 e. The first-order chi connectivity index (χ1) is 7.88. The van der Waals surface area contributed by atoms with E-state index in [-0.39, 0.29) is 17.0 Å². The second kappa shape index (κ2) is 4.29. The van der Waals surface area contributed by atoms with Crippen LogP contribution in [0.2, 0.25) is 0 Å². The Hall–Kier alpha value is -1.11. The minimum absolute atomic E-state index is 0.169. The molecule has 6 heteroatoms. The molecule has 0 saturated heterocycles. The third-order valence-electron chi connectivity index (χ3n) is 3.00. The Morgan fingerprint density at radius 1 is 1.41 bits per heavy atom. The van der Waals surface area contributed by atoms with Gasteiger partial charge in [-0.15, -0.1) is 0 Å². The first-order valence-corrected chi connectivity index (χ1v) is 6.93. The molecular weight excluding hydrogens is 240 g/mol. The number of hydrogen-bond donors (Lipinski definition) is 3. The lowest BCUT2D eigenvalue weighted by atomic mass is 9.91. The van der Waals surface area contributed by atoms with Crippen LogP contribution < -0.4 is 10.5 Å². The van der Waals surface area contributed by atoms with Crippen LogP contribution in [0, 0.1) is 6.92 Å². The highest BCUT2D eigenvalue weighted by Crippen LogP contribution is 2.23. The van der Waals surface area contributed by atoms with Gasteiger partial charge in [0.25, 0.3) is 0 Å². The highest BCUT2D eigenvalue weighted by atomic mass is 32.2. The number of rotatable bonds is 3. The fourth-order valence-electron chi connectivity index (χ4n) is 1.76. The van der Waals surface area contributed by atoms with Gasteiger partial charge < -0.3 is 10.8 Å². The zero-order chi connectivity index (χ0) is 12.6. The summed E-state index contributed by atoms with van der Waals surface area (Å²) in [7, 11) is -3.52. The van der Waals surface area contributed by atoms with Crippen molar-refractivity contribution < 1.29 is 13.5 Å². The van der Waals surface area contributed by atoms with Crippen molar-refractivity contribution in [1.29, 1.82) is 0 Å². The SMILES string of the molecule is Cc1ccc(S(=O)(=O)NC2CC(O)C2)cc1N. The van der Waals surface area contributed by atoms with E-state index >= 15 is 0 Å². The van der Waals surface area contributed by atoms with Crippen LogP contribution in [0.25, 0.3) is 0 Å². The van der Waals surface area contributed by atoms with Gasteiger partial charge in [0.05, 0.1) is 11.0 Å². The van der Waals surface area contributed by atoms with Gasteiger partial charge in [-0.05, 0) is 37.5 Å². The molecule has 4 N–H and O–H groups in total. The molecule has 94 valence electrons. The van der Waals surface area contributed by atoms with Crippen LogP contribution in [0.15, 0.2) is 23.1 Å². The van der Waals surface area contributed by atoms with Crippen LogP contribution in [0.1, 0.15) is 18.4 Å². The summed E-state index contributed by atoms with van der Waals surface area (Å²) in [6.07, 6.45) is 0.562. The van der Waals surface area contributed by atoms with Crippen molar-refractivity contribution in [2.75, 3.05) is 5.73 Å². The van der Waals surface area contributed by atoms with Gasteiger partial charge in [-0.1, -0.05) is 6.07 Å². The molecule has 0 unspecified atom stereocenters. The third kappa shape index (κ3) is 2.59. The highest BCUT2D eigenvalue weighted by molar-refractivity contribution is 7.89. The van der Waals surface area contributed by atoms with E-state index < -0.39 is 10.0 Å². The van der Waals surface area contributed by atoms with Crippen LogP contribution in [0.3, 0.4) is 0 Å². The molecule has 2 rings (SSSR count). The number of nitrogens with one attached hydrogen (secondary N) is 1. The number of benzene rings is 1. The van der Waals surface area contributed by atoms with Gasteiger partial charge in [-0.25, -0.2) is 13.1 Å². The van der Waals surface area contributed by atoms with E-state index in [1.807, 2.05) is 6.92 Å². The lowest BCUT2D eigenvalue weighted by Crippen LogP contribution is -2.46. The van der Waals surface area contributed by atoms with Crippen molar-refractivity contribution in [2.45, 2.75) is 36.8 Å². The van der Waals surface area contributed by atoms with Crippen molar-refractivity contribution >= 4 is 15.7 Å². The van der Waals surface area contributed by atoms with E-state index in [1.165, 1.54) is 12.1 Å².